The highest BCUT2D eigenvalue weighted by atomic mass is 35.5. The summed E-state index contributed by atoms with van der Waals surface area (Å²) in [6, 6.07) is 12.8. The highest BCUT2D eigenvalue weighted by Gasteiger charge is 2.17. The third-order valence-electron chi connectivity index (χ3n) is 2.89. The summed E-state index contributed by atoms with van der Waals surface area (Å²) in [6.45, 7) is 0. The number of hydrogen-bond acceptors (Lipinski definition) is 3. The van der Waals surface area contributed by atoms with Crippen LogP contribution in [0.1, 0.15) is 17.2 Å². The molecule has 2 aromatic rings. The Morgan fingerprint density at radius 3 is 2.58 bits per heavy atom. The molecule has 100 valence electrons. The molecule has 0 aliphatic rings. The average molecular weight is 297 g/mol. The lowest BCUT2D eigenvalue weighted by molar-refractivity contribution is 0.413. The summed E-state index contributed by atoms with van der Waals surface area (Å²) < 4.78 is 5.21. The Balaban J connectivity index is 2.46. The second kappa shape index (κ2) is 6.26. The first-order chi connectivity index (χ1) is 9.17. The van der Waals surface area contributed by atoms with E-state index < -0.39 is 0 Å². The molecule has 0 aliphatic carbocycles. The maximum absolute atomic E-state index is 6.23. The first-order valence-electron chi connectivity index (χ1n) is 5.71. The molecular weight excluding hydrogens is 283 g/mol. The van der Waals surface area contributed by atoms with Gasteiger partial charge >= 0.3 is 0 Å². The molecule has 1 atom stereocenters. The van der Waals surface area contributed by atoms with Gasteiger partial charge in [-0.05, 0) is 29.3 Å². The summed E-state index contributed by atoms with van der Waals surface area (Å²) in [5, 5.41) is 0.997. The van der Waals surface area contributed by atoms with Crippen molar-refractivity contribution in [3.05, 3.63) is 63.6 Å². The molecule has 0 saturated carbocycles. The van der Waals surface area contributed by atoms with Crippen LogP contribution in [-0.4, -0.2) is 7.11 Å². The van der Waals surface area contributed by atoms with Gasteiger partial charge in [-0.1, -0.05) is 47.5 Å². The van der Waals surface area contributed by atoms with Gasteiger partial charge in [-0.3, -0.25) is 5.84 Å². The molecule has 0 bridgehead atoms. The molecule has 0 saturated heterocycles. The largest absolute Gasteiger partial charge is 0.497 e. The van der Waals surface area contributed by atoms with E-state index in [2.05, 4.69) is 5.43 Å². The normalized spacial score (nSPS) is 12.2. The van der Waals surface area contributed by atoms with Crippen molar-refractivity contribution >= 4 is 23.2 Å². The van der Waals surface area contributed by atoms with E-state index in [9.17, 15) is 0 Å². The van der Waals surface area contributed by atoms with Gasteiger partial charge in [0.05, 0.1) is 23.2 Å². The van der Waals surface area contributed by atoms with Crippen molar-refractivity contribution in [2.24, 2.45) is 5.84 Å². The van der Waals surface area contributed by atoms with Crippen LogP contribution in [0.2, 0.25) is 10.0 Å². The summed E-state index contributed by atoms with van der Waals surface area (Å²) in [4.78, 5) is 0. The molecule has 0 aliphatic heterocycles. The topological polar surface area (TPSA) is 47.3 Å². The van der Waals surface area contributed by atoms with E-state index in [1.807, 2.05) is 36.4 Å². The van der Waals surface area contributed by atoms with Gasteiger partial charge in [0.1, 0.15) is 5.75 Å². The van der Waals surface area contributed by atoms with E-state index in [4.69, 9.17) is 33.8 Å². The van der Waals surface area contributed by atoms with E-state index in [0.29, 0.717) is 10.0 Å². The van der Waals surface area contributed by atoms with Crippen molar-refractivity contribution in [1.29, 1.82) is 0 Å². The Morgan fingerprint density at radius 1 is 1.16 bits per heavy atom. The Hall–Kier alpha value is -1.26. The minimum Gasteiger partial charge on any atom is -0.497 e. The van der Waals surface area contributed by atoms with Gasteiger partial charge in [-0.15, -0.1) is 0 Å². The summed E-state index contributed by atoms with van der Waals surface area (Å²) in [5.41, 5.74) is 4.53. The summed E-state index contributed by atoms with van der Waals surface area (Å²) in [5.74, 6) is 6.41. The molecule has 0 radical (unpaired) electrons. The molecule has 0 spiro atoms. The van der Waals surface area contributed by atoms with Crippen LogP contribution >= 0.6 is 23.2 Å². The number of nitrogens with two attached hydrogens (primary N) is 1. The first kappa shape index (κ1) is 14.2. The van der Waals surface area contributed by atoms with E-state index in [0.717, 1.165) is 16.9 Å². The van der Waals surface area contributed by atoms with Gasteiger partial charge in [0, 0.05) is 0 Å². The van der Waals surface area contributed by atoms with Crippen molar-refractivity contribution in [1.82, 2.24) is 5.43 Å². The molecular formula is C14H14Cl2N2O. The first-order valence-corrected chi connectivity index (χ1v) is 6.47. The molecule has 3 nitrogen and oxygen atoms in total. The third kappa shape index (κ3) is 3.01. The van der Waals surface area contributed by atoms with Crippen LogP contribution in [-0.2, 0) is 0 Å². The lowest BCUT2D eigenvalue weighted by Gasteiger charge is -2.19. The predicted molar refractivity (Wildman–Crippen MR) is 78.6 cm³/mol. The van der Waals surface area contributed by atoms with Gasteiger partial charge in [0.2, 0.25) is 0 Å². The molecule has 0 heterocycles. The van der Waals surface area contributed by atoms with E-state index in [-0.39, 0.29) is 6.04 Å². The number of hydrazine groups is 1. The minimum absolute atomic E-state index is 0.249. The maximum Gasteiger partial charge on any atom is 0.119 e. The van der Waals surface area contributed by atoms with Gasteiger partial charge in [-0.25, -0.2) is 5.43 Å². The lowest BCUT2D eigenvalue weighted by atomic mass is 9.99. The number of methoxy groups -OCH3 is 1. The smallest absolute Gasteiger partial charge is 0.119 e. The molecule has 1 unspecified atom stereocenters. The zero-order chi connectivity index (χ0) is 13.8. The van der Waals surface area contributed by atoms with Gasteiger partial charge in [-0.2, -0.15) is 0 Å². The molecule has 2 rings (SSSR count). The lowest BCUT2D eigenvalue weighted by Crippen LogP contribution is -2.29. The SMILES string of the molecule is COc1cccc(C(NN)c2cccc(Cl)c2Cl)c1. The number of benzene rings is 2. The van der Waals surface area contributed by atoms with Crippen molar-refractivity contribution < 1.29 is 4.74 Å². The van der Waals surface area contributed by atoms with E-state index in [1.54, 1.807) is 13.2 Å². The Morgan fingerprint density at radius 2 is 1.89 bits per heavy atom. The quantitative estimate of drug-likeness (QED) is 0.670. The van der Waals surface area contributed by atoms with Crippen molar-refractivity contribution in [2.75, 3.05) is 7.11 Å². The molecule has 0 amide bonds. The van der Waals surface area contributed by atoms with Crippen molar-refractivity contribution in [3.63, 3.8) is 0 Å². The second-order valence-corrected chi connectivity index (χ2v) is 4.80. The molecule has 19 heavy (non-hydrogen) atoms. The molecule has 3 N–H and O–H groups in total. The van der Waals surface area contributed by atoms with Crippen LogP contribution in [0.5, 0.6) is 5.75 Å². The average Bonchev–Trinajstić information content (AvgIpc) is 2.44. The monoisotopic (exact) mass is 296 g/mol. The highest BCUT2D eigenvalue weighted by molar-refractivity contribution is 6.42. The van der Waals surface area contributed by atoms with Crippen molar-refractivity contribution in [2.45, 2.75) is 6.04 Å². The fourth-order valence-electron chi connectivity index (χ4n) is 1.93. The summed E-state index contributed by atoms with van der Waals surface area (Å²) >= 11 is 12.3. The zero-order valence-electron chi connectivity index (χ0n) is 10.4. The van der Waals surface area contributed by atoms with E-state index in [1.165, 1.54) is 0 Å². The highest BCUT2D eigenvalue weighted by Crippen LogP contribution is 2.33. The minimum atomic E-state index is -0.249. The fourth-order valence-corrected chi connectivity index (χ4v) is 2.35. The Kier molecular flexibility index (Phi) is 4.66. The molecule has 0 fully saturated rings. The molecule has 5 heteroatoms. The zero-order valence-corrected chi connectivity index (χ0v) is 11.9. The fraction of sp³-hybridized carbons (Fsp3) is 0.143. The van der Waals surface area contributed by atoms with E-state index >= 15 is 0 Å². The predicted octanol–water partition coefficient (Wildman–Crippen LogP) is 3.55. The summed E-state index contributed by atoms with van der Waals surface area (Å²) in [6.07, 6.45) is 0. The summed E-state index contributed by atoms with van der Waals surface area (Å²) in [7, 11) is 1.62. The number of halogens is 2. The van der Waals surface area contributed by atoms with Crippen LogP contribution in [0.25, 0.3) is 0 Å². The number of rotatable bonds is 4. The second-order valence-electron chi connectivity index (χ2n) is 4.02. The van der Waals surface area contributed by atoms with Crippen molar-refractivity contribution in [3.8, 4) is 5.75 Å². The maximum atomic E-state index is 6.23. The standard InChI is InChI=1S/C14H14Cl2N2O/c1-19-10-5-2-4-9(8-10)14(18-17)11-6-3-7-12(15)13(11)16/h2-8,14,18H,17H2,1H3. The van der Waals surface area contributed by atoms with Gasteiger partial charge < -0.3 is 4.74 Å². The molecule has 0 aromatic heterocycles. The van der Waals surface area contributed by atoms with Gasteiger partial charge in [0.25, 0.3) is 0 Å². The Labute approximate surface area is 122 Å². The third-order valence-corrected chi connectivity index (χ3v) is 3.72. The van der Waals surface area contributed by atoms with Gasteiger partial charge in [0.15, 0.2) is 0 Å². The number of hydrogen-bond donors (Lipinski definition) is 2. The van der Waals surface area contributed by atoms with Crippen LogP contribution < -0.4 is 16.0 Å². The number of ether oxygens (including phenoxy) is 1. The van der Waals surface area contributed by atoms with Crippen LogP contribution in [0.3, 0.4) is 0 Å². The number of nitrogens with one attached hydrogen (secondary N) is 1. The van der Waals surface area contributed by atoms with Crippen LogP contribution in [0, 0.1) is 0 Å². The molecule has 2 aromatic carbocycles. The van der Waals surface area contributed by atoms with Crippen LogP contribution in [0.4, 0.5) is 0 Å². The Bertz CT molecular complexity index is 575. The van der Waals surface area contributed by atoms with Crippen LogP contribution in [0.15, 0.2) is 42.5 Å².